The standard InChI is InChI=1S/C17H23N7/c1-2-12(1)13-9-15(23-22-13)20-14-3-6-19-16(21-14)24-8-5-17(11-24)4-7-18-10-17/h3,6,9,12,18H,1-2,4-5,7-8,10-11H2,(H2,19,20,21,22,23)/t17-/m0/s1. The molecule has 7 heteroatoms. The molecule has 4 heterocycles. The van der Waals surface area contributed by atoms with Gasteiger partial charge in [0.05, 0.1) is 0 Å². The van der Waals surface area contributed by atoms with E-state index in [9.17, 15) is 0 Å². The van der Waals surface area contributed by atoms with Crippen molar-refractivity contribution in [3.63, 3.8) is 0 Å². The Morgan fingerprint density at radius 2 is 2.21 bits per heavy atom. The zero-order chi connectivity index (χ0) is 16.0. The summed E-state index contributed by atoms with van der Waals surface area (Å²) in [5.74, 6) is 3.13. The van der Waals surface area contributed by atoms with Crippen LogP contribution in [0.4, 0.5) is 17.6 Å². The monoisotopic (exact) mass is 325 g/mol. The maximum absolute atomic E-state index is 4.70. The fourth-order valence-electron chi connectivity index (χ4n) is 3.96. The summed E-state index contributed by atoms with van der Waals surface area (Å²) in [4.78, 5) is 11.5. The fraction of sp³-hybridized carbons (Fsp3) is 0.588. The SMILES string of the molecule is c1cc(Nc2cc(C3CC3)[nH]n2)nc(N2CC[C@]3(CCNC3)C2)n1. The van der Waals surface area contributed by atoms with Crippen molar-refractivity contribution in [3.8, 4) is 0 Å². The molecule has 0 radical (unpaired) electrons. The fourth-order valence-corrected chi connectivity index (χ4v) is 3.96. The van der Waals surface area contributed by atoms with Gasteiger partial charge >= 0.3 is 0 Å². The lowest BCUT2D eigenvalue weighted by Gasteiger charge is -2.22. The third-order valence-electron chi connectivity index (χ3n) is 5.57. The molecule has 3 N–H and O–H groups in total. The lowest BCUT2D eigenvalue weighted by atomic mass is 9.87. The van der Waals surface area contributed by atoms with Crippen LogP contribution >= 0.6 is 0 Å². The second-order valence-corrected chi connectivity index (χ2v) is 7.45. The topological polar surface area (TPSA) is 81.8 Å². The number of anilines is 3. The molecule has 3 aliphatic rings. The van der Waals surface area contributed by atoms with Gasteiger partial charge in [0.25, 0.3) is 0 Å². The van der Waals surface area contributed by atoms with Crippen molar-refractivity contribution in [1.82, 2.24) is 25.5 Å². The van der Waals surface area contributed by atoms with Gasteiger partial charge in [0.2, 0.25) is 5.95 Å². The van der Waals surface area contributed by atoms with Crippen LogP contribution in [0.25, 0.3) is 0 Å². The first kappa shape index (κ1) is 14.2. The summed E-state index contributed by atoms with van der Waals surface area (Å²) in [5.41, 5.74) is 1.65. The summed E-state index contributed by atoms with van der Waals surface area (Å²) < 4.78 is 0. The zero-order valence-corrected chi connectivity index (χ0v) is 13.8. The van der Waals surface area contributed by atoms with Gasteiger partial charge in [-0.15, -0.1) is 0 Å². The van der Waals surface area contributed by atoms with Gasteiger partial charge in [-0.2, -0.15) is 10.1 Å². The number of aromatic amines is 1. The highest BCUT2D eigenvalue weighted by atomic mass is 15.3. The second kappa shape index (κ2) is 5.44. The lowest BCUT2D eigenvalue weighted by molar-refractivity contribution is 0.369. The van der Waals surface area contributed by atoms with Crippen LogP contribution < -0.4 is 15.5 Å². The molecule has 1 atom stereocenters. The zero-order valence-electron chi connectivity index (χ0n) is 13.8. The number of nitrogens with zero attached hydrogens (tertiary/aromatic N) is 4. The molecule has 0 amide bonds. The number of hydrogen-bond donors (Lipinski definition) is 3. The van der Waals surface area contributed by atoms with Gasteiger partial charge in [-0.25, -0.2) is 4.98 Å². The van der Waals surface area contributed by atoms with Crippen LogP contribution in [0.2, 0.25) is 0 Å². The Balaban J connectivity index is 1.30. The second-order valence-electron chi connectivity index (χ2n) is 7.45. The predicted octanol–water partition coefficient (Wildman–Crippen LogP) is 2.01. The van der Waals surface area contributed by atoms with Crippen molar-refractivity contribution in [2.75, 3.05) is 36.4 Å². The van der Waals surface area contributed by atoms with E-state index in [1.807, 2.05) is 12.3 Å². The Labute approximate surface area is 141 Å². The first-order valence-corrected chi connectivity index (χ1v) is 8.91. The molecule has 0 aromatic carbocycles. The third-order valence-corrected chi connectivity index (χ3v) is 5.57. The van der Waals surface area contributed by atoms with E-state index in [1.165, 1.54) is 31.4 Å². The van der Waals surface area contributed by atoms with Gasteiger partial charge in [0.1, 0.15) is 5.82 Å². The molecule has 24 heavy (non-hydrogen) atoms. The Bertz CT molecular complexity index is 730. The van der Waals surface area contributed by atoms with E-state index >= 15 is 0 Å². The molecule has 1 spiro atoms. The van der Waals surface area contributed by atoms with Crippen molar-refractivity contribution >= 4 is 17.6 Å². The van der Waals surface area contributed by atoms with Crippen LogP contribution in [0.15, 0.2) is 18.3 Å². The number of hydrogen-bond acceptors (Lipinski definition) is 6. The highest BCUT2D eigenvalue weighted by Gasteiger charge is 2.41. The molecule has 0 unspecified atom stereocenters. The molecule has 2 aromatic heterocycles. The highest BCUT2D eigenvalue weighted by molar-refractivity contribution is 5.54. The van der Waals surface area contributed by atoms with Crippen LogP contribution in [0.1, 0.15) is 37.3 Å². The maximum Gasteiger partial charge on any atom is 0.227 e. The van der Waals surface area contributed by atoms with Crippen molar-refractivity contribution in [2.24, 2.45) is 5.41 Å². The van der Waals surface area contributed by atoms with Crippen molar-refractivity contribution in [3.05, 3.63) is 24.0 Å². The highest BCUT2D eigenvalue weighted by Crippen LogP contribution is 2.40. The largest absolute Gasteiger partial charge is 0.340 e. The number of rotatable bonds is 4. The molecule has 1 aliphatic carbocycles. The summed E-state index contributed by atoms with van der Waals surface area (Å²) >= 11 is 0. The molecule has 5 rings (SSSR count). The first-order chi connectivity index (χ1) is 11.8. The lowest BCUT2D eigenvalue weighted by Crippen LogP contribution is -2.30. The summed E-state index contributed by atoms with van der Waals surface area (Å²) in [5, 5.41) is 14.3. The average molecular weight is 325 g/mol. The molecule has 7 nitrogen and oxygen atoms in total. The Kier molecular flexibility index (Phi) is 3.22. The van der Waals surface area contributed by atoms with Crippen LogP contribution in [0, 0.1) is 5.41 Å². The quantitative estimate of drug-likeness (QED) is 0.798. The van der Waals surface area contributed by atoms with Crippen molar-refractivity contribution in [1.29, 1.82) is 0 Å². The van der Waals surface area contributed by atoms with Crippen LogP contribution in [0.3, 0.4) is 0 Å². The van der Waals surface area contributed by atoms with Gasteiger partial charge in [-0.3, -0.25) is 5.10 Å². The maximum atomic E-state index is 4.70. The molecule has 2 saturated heterocycles. The molecule has 0 bridgehead atoms. The summed E-state index contributed by atoms with van der Waals surface area (Å²) in [7, 11) is 0. The number of aromatic nitrogens is 4. The summed E-state index contributed by atoms with van der Waals surface area (Å²) in [6, 6.07) is 3.99. The molecule has 1 saturated carbocycles. The van der Waals surface area contributed by atoms with E-state index in [1.54, 1.807) is 0 Å². The van der Waals surface area contributed by atoms with Gasteiger partial charge in [-0.05, 0) is 38.3 Å². The van der Waals surface area contributed by atoms with Crippen LogP contribution in [-0.2, 0) is 0 Å². The van der Waals surface area contributed by atoms with E-state index < -0.39 is 0 Å². The van der Waals surface area contributed by atoms with Gasteiger partial charge < -0.3 is 15.5 Å². The van der Waals surface area contributed by atoms with E-state index in [-0.39, 0.29) is 0 Å². The minimum atomic E-state index is 0.425. The van der Waals surface area contributed by atoms with Crippen molar-refractivity contribution < 1.29 is 0 Å². The first-order valence-electron chi connectivity index (χ1n) is 8.91. The number of nitrogens with one attached hydrogen (secondary N) is 3. The average Bonchev–Trinajstić information content (AvgIpc) is 3.01. The Morgan fingerprint density at radius 3 is 3.04 bits per heavy atom. The minimum absolute atomic E-state index is 0.425. The van der Waals surface area contributed by atoms with Gasteiger partial charge in [-0.1, -0.05) is 0 Å². The smallest absolute Gasteiger partial charge is 0.227 e. The van der Waals surface area contributed by atoms with Gasteiger partial charge in [0, 0.05) is 48.9 Å². The molecular formula is C17H23N7. The van der Waals surface area contributed by atoms with Crippen molar-refractivity contribution in [2.45, 2.75) is 31.6 Å². The minimum Gasteiger partial charge on any atom is -0.340 e. The van der Waals surface area contributed by atoms with E-state index in [4.69, 9.17) is 4.98 Å². The molecule has 126 valence electrons. The Morgan fingerprint density at radius 1 is 1.25 bits per heavy atom. The number of H-pyrrole nitrogens is 1. The molecule has 3 fully saturated rings. The predicted molar refractivity (Wildman–Crippen MR) is 92.6 cm³/mol. The Hall–Kier alpha value is -2.15. The normalized spacial score (nSPS) is 26.4. The molecule has 2 aromatic rings. The van der Waals surface area contributed by atoms with E-state index in [0.29, 0.717) is 11.3 Å². The van der Waals surface area contributed by atoms with Gasteiger partial charge in [0.15, 0.2) is 5.82 Å². The molecular weight excluding hydrogens is 302 g/mol. The van der Waals surface area contributed by atoms with E-state index in [0.717, 1.165) is 43.8 Å². The summed E-state index contributed by atoms with van der Waals surface area (Å²) in [6.07, 6.45) is 6.86. The van der Waals surface area contributed by atoms with Crippen LogP contribution in [-0.4, -0.2) is 46.3 Å². The third kappa shape index (κ3) is 2.62. The molecule has 2 aliphatic heterocycles. The van der Waals surface area contributed by atoms with Crippen LogP contribution in [0.5, 0.6) is 0 Å². The van der Waals surface area contributed by atoms with E-state index in [2.05, 4.69) is 36.8 Å². The summed E-state index contributed by atoms with van der Waals surface area (Å²) in [6.45, 7) is 4.36.